The van der Waals surface area contributed by atoms with E-state index in [0.29, 0.717) is 5.75 Å². The molecule has 0 unspecified atom stereocenters. The largest absolute Gasteiger partial charge is 0.481 e. The lowest BCUT2D eigenvalue weighted by atomic mass is 10.2. The number of hydrogen-bond donors (Lipinski definition) is 0. The van der Waals surface area contributed by atoms with Gasteiger partial charge < -0.3 is 9.47 Å². The quantitative estimate of drug-likeness (QED) is 0.349. The molecule has 6 nitrogen and oxygen atoms in total. The molecule has 0 saturated heterocycles. The third kappa shape index (κ3) is 4.29. The fraction of sp³-hybridized carbons (Fsp3) is 0.133. The highest BCUT2D eigenvalue weighted by atomic mass is 79.9. The Hall–Kier alpha value is -2.41. The van der Waals surface area contributed by atoms with Gasteiger partial charge in [0.05, 0.1) is 15.5 Å². The standard InChI is InChI=1S/C15H12BrNO5/c1-10-5-6-14(13(16)7-10)21-9-15(18)22-12-4-2-3-11(8-12)17(19)20/h2-8H,9H2,1H3. The van der Waals surface area contributed by atoms with Gasteiger partial charge in [-0.05, 0) is 46.6 Å². The Labute approximate surface area is 134 Å². The number of nitrogens with zero attached hydrogens (tertiary/aromatic N) is 1. The summed E-state index contributed by atoms with van der Waals surface area (Å²) in [6.07, 6.45) is 0. The molecule has 0 aliphatic rings. The van der Waals surface area contributed by atoms with Crippen molar-refractivity contribution < 1.29 is 19.2 Å². The normalized spacial score (nSPS) is 10.1. The first-order valence-corrected chi connectivity index (χ1v) is 7.09. The molecule has 0 amide bonds. The maximum absolute atomic E-state index is 11.7. The number of nitro benzene ring substituents is 1. The maximum atomic E-state index is 11.7. The van der Waals surface area contributed by atoms with Crippen LogP contribution in [0.2, 0.25) is 0 Å². The predicted molar refractivity (Wildman–Crippen MR) is 83.1 cm³/mol. The van der Waals surface area contributed by atoms with E-state index in [9.17, 15) is 14.9 Å². The van der Waals surface area contributed by atoms with E-state index in [0.717, 1.165) is 10.0 Å². The van der Waals surface area contributed by atoms with Crippen molar-refractivity contribution in [2.45, 2.75) is 6.92 Å². The van der Waals surface area contributed by atoms with Crippen molar-refractivity contribution in [3.05, 3.63) is 62.6 Å². The lowest BCUT2D eigenvalue weighted by Gasteiger charge is -2.08. The molecule has 0 fully saturated rings. The molecule has 0 aliphatic carbocycles. The maximum Gasteiger partial charge on any atom is 0.349 e. The zero-order valence-corrected chi connectivity index (χ0v) is 13.2. The fourth-order valence-electron chi connectivity index (χ4n) is 1.68. The van der Waals surface area contributed by atoms with Crippen molar-refractivity contribution in [2.24, 2.45) is 0 Å². The molecule has 0 radical (unpaired) electrons. The Morgan fingerprint density at radius 3 is 2.73 bits per heavy atom. The van der Waals surface area contributed by atoms with E-state index in [2.05, 4.69) is 15.9 Å². The van der Waals surface area contributed by atoms with Gasteiger partial charge in [-0.1, -0.05) is 12.1 Å². The van der Waals surface area contributed by atoms with E-state index < -0.39 is 10.9 Å². The van der Waals surface area contributed by atoms with Crippen molar-refractivity contribution in [1.82, 2.24) is 0 Å². The van der Waals surface area contributed by atoms with Crippen molar-refractivity contribution in [3.63, 3.8) is 0 Å². The van der Waals surface area contributed by atoms with Crippen LogP contribution in [0.3, 0.4) is 0 Å². The minimum atomic E-state index is -0.645. The molecular formula is C15H12BrNO5. The molecule has 0 saturated carbocycles. The molecule has 114 valence electrons. The summed E-state index contributed by atoms with van der Waals surface area (Å²) in [6, 6.07) is 10.9. The molecule has 0 aromatic heterocycles. The molecule has 0 aliphatic heterocycles. The van der Waals surface area contributed by atoms with E-state index in [1.807, 2.05) is 19.1 Å². The molecule has 0 bridgehead atoms. The molecule has 0 heterocycles. The Morgan fingerprint density at radius 2 is 2.05 bits per heavy atom. The predicted octanol–water partition coefficient (Wildman–Crippen LogP) is 3.65. The van der Waals surface area contributed by atoms with Crippen LogP contribution in [-0.4, -0.2) is 17.5 Å². The molecule has 0 N–H and O–H groups in total. The zero-order valence-electron chi connectivity index (χ0n) is 11.6. The van der Waals surface area contributed by atoms with Crippen LogP contribution in [0.15, 0.2) is 46.9 Å². The van der Waals surface area contributed by atoms with E-state index >= 15 is 0 Å². The van der Waals surface area contributed by atoms with Gasteiger partial charge in [0.25, 0.3) is 5.69 Å². The van der Waals surface area contributed by atoms with Gasteiger partial charge in [0.2, 0.25) is 0 Å². The van der Waals surface area contributed by atoms with Gasteiger partial charge in [-0.3, -0.25) is 10.1 Å². The first-order valence-electron chi connectivity index (χ1n) is 6.30. The Morgan fingerprint density at radius 1 is 1.27 bits per heavy atom. The number of carbonyl (C=O) groups excluding carboxylic acids is 1. The number of aryl methyl sites for hydroxylation is 1. The van der Waals surface area contributed by atoms with Gasteiger partial charge in [-0.25, -0.2) is 4.79 Å². The third-order valence-corrected chi connectivity index (χ3v) is 3.31. The van der Waals surface area contributed by atoms with Gasteiger partial charge >= 0.3 is 5.97 Å². The summed E-state index contributed by atoms with van der Waals surface area (Å²) >= 11 is 3.34. The van der Waals surface area contributed by atoms with Crippen LogP contribution in [0.5, 0.6) is 11.5 Å². The van der Waals surface area contributed by atoms with Gasteiger partial charge in [0.15, 0.2) is 6.61 Å². The van der Waals surface area contributed by atoms with Crippen molar-refractivity contribution >= 4 is 27.6 Å². The fourth-order valence-corrected chi connectivity index (χ4v) is 2.29. The molecular weight excluding hydrogens is 354 g/mol. The number of benzene rings is 2. The first-order chi connectivity index (χ1) is 10.5. The van der Waals surface area contributed by atoms with Crippen LogP contribution >= 0.6 is 15.9 Å². The Balaban J connectivity index is 1.95. The van der Waals surface area contributed by atoms with Crippen molar-refractivity contribution in [3.8, 4) is 11.5 Å². The van der Waals surface area contributed by atoms with Gasteiger partial charge in [-0.2, -0.15) is 0 Å². The molecule has 22 heavy (non-hydrogen) atoms. The average Bonchev–Trinajstić information content (AvgIpc) is 2.46. The van der Waals surface area contributed by atoms with Gasteiger partial charge in [-0.15, -0.1) is 0 Å². The number of non-ortho nitro benzene ring substituents is 1. The number of rotatable bonds is 5. The monoisotopic (exact) mass is 365 g/mol. The van der Waals surface area contributed by atoms with Gasteiger partial charge in [0.1, 0.15) is 11.5 Å². The molecule has 2 rings (SSSR count). The average molecular weight is 366 g/mol. The van der Waals surface area contributed by atoms with Crippen LogP contribution in [0.4, 0.5) is 5.69 Å². The molecule has 2 aromatic rings. The summed E-state index contributed by atoms with van der Waals surface area (Å²) in [5, 5.41) is 10.6. The number of esters is 1. The van der Waals surface area contributed by atoms with Crippen molar-refractivity contribution in [2.75, 3.05) is 6.61 Å². The summed E-state index contributed by atoms with van der Waals surface area (Å²) < 4.78 is 11.1. The summed E-state index contributed by atoms with van der Waals surface area (Å²) in [5.41, 5.74) is 0.908. The second kappa shape index (κ2) is 7.04. The molecule has 7 heteroatoms. The third-order valence-electron chi connectivity index (χ3n) is 2.69. The van der Waals surface area contributed by atoms with E-state index in [1.165, 1.54) is 24.3 Å². The number of nitro groups is 1. The summed E-state index contributed by atoms with van der Waals surface area (Å²) in [5.74, 6) is -0.0275. The number of halogens is 1. The highest BCUT2D eigenvalue weighted by Gasteiger charge is 2.11. The smallest absolute Gasteiger partial charge is 0.349 e. The molecule has 0 spiro atoms. The van der Waals surface area contributed by atoms with Crippen LogP contribution in [0, 0.1) is 17.0 Å². The topological polar surface area (TPSA) is 78.7 Å². The van der Waals surface area contributed by atoms with E-state index in [4.69, 9.17) is 9.47 Å². The second-order valence-corrected chi connectivity index (χ2v) is 5.31. The zero-order chi connectivity index (χ0) is 16.1. The Bertz CT molecular complexity index is 717. The summed E-state index contributed by atoms with van der Waals surface area (Å²) in [4.78, 5) is 21.8. The van der Waals surface area contributed by atoms with Crippen molar-refractivity contribution in [1.29, 1.82) is 0 Å². The van der Waals surface area contributed by atoms with Gasteiger partial charge in [0, 0.05) is 6.07 Å². The lowest BCUT2D eigenvalue weighted by molar-refractivity contribution is -0.384. The van der Waals surface area contributed by atoms with Crippen LogP contribution in [0.1, 0.15) is 5.56 Å². The second-order valence-electron chi connectivity index (χ2n) is 4.45. The van der Waals surface area contributed by atoms with E-state index in [-0.39, 0.29) is 18.0 Å². The minimum Gasteiger partial charge on any atom is -0.481 e. The number of carbonyl (C=O) groups is 1. The van der Waals surface area contributed by atoms with Crippen LogP contribution in [0.25, 0.3) is 0 Å². The first kappa shape index (κ1) is 16.0. The van der Waals surface area contributed by atoms with E-state index in [1.54, 1.807) is 6.07 Å². The number of hydrogen-bond acceptors (Lipinski definition) is 5. The highest BCUT2D eigenvalue weighted by molar-refractivity contribution is 9.10. The van der Waals surface area contributed by atoms with Crippen LogP contribution in [-0.2, 0) is 4.79 Å². The number of ether oxygens (including phenoxy) is 2. The summed E-state index contributed by atoms with van der Waals surface area (Å²) in [6.45, 7) is 1.63. The molecule has 2 aromatic carbocycles. The highest BCUT2D eigenvalue weighted by Crippen LogP contribution is 2.26. The van der Waals surface area contributed by atoms with Crippen LogP contribution < -0.4 is 9.47 Å². The Kier molecular flexibility index (Phi) is 5.11. The lowest BCUT2D eigenvalue weighted by Crippen LogP contribution is -2.17. The molecule has 0 atom stereocenters. The summed E-state index contributed by atoms with van der Waals surface area (Å²) in [7, 11) is 0. The SMILES string of the molecule is Cc1ccc(OCC(=O)Oc2cccc([N+](=O)[O-])c2)c(Br)c1. The minimum absolute atomic E-state index is 0.103.